The van der Waals surface area contributed by atoms with E-state index in [0.717, 1.165) is 74.9 Å². The Morgan fingerprint density at radius 3 is 2.25 bits per heavy atom. The Balaban J connectivity index is 0.892. The molecule has 1 atom stereocenters. The summed E-state index contributed by atoms with van der Waals surface area (Å²) in [7, 11) is -4.61. The van der Waals surface area contributed by atoms with E-state index in [-0.39, 0.29) is 11.6 Å². The number of nitro benzene ring substituents is 1. The molecule has 0 bridgehead atoms. The van der Waals surface area contributed by atoms with Gasteiger partial charge in [-0.15, -0.1) is 11.8 Å². The topological polar surface area (TPSA) is 137 Å². The Bertz CT molecular complexity index is 2640. The molecule has 63 heavy (non-hydrogen) atoms. The van der Waals surface area contributed by atoms with Crippen molar-refractivity contribution in [3.8, 4) is 11.1 Å². The number of carbonyl (C=O) groups is 1. The largest absolute Gasteiger partial charge is 0.381 e. The first-order chi connectivity index (χ1) is 30.6. The number of hydrogen-bond acceptors (Lipinski definition) is 11. The van der Waals surface area contributed by atoms with Crippen LogP contribution >= 0.6 is 23.4 Å². The van der Waals surface area contributed by atoms with Gasteiger partial charge in [0.25, 0.3) is 21.6 Å². The highest BCUT2D eigenvalue weighted by molar-refractivity contribution is 7.99. The number of nitrogens with zero attached hydrogens (tertiary/aromatic N) is 4. The number of benzene rings is 6. The molecule has 2 N–H and O–H groups in total. The van der Waals surface area contributed by atoms with Gasteiger partial charge in [0.05, 0.1) is 18.1 Å². The number of nitro groups is 1. The number of ether oxygens (including phenoxy) is 1. The molecule has 326 valence electrons. The van der Waals surface area contributed by atoms with Gasteiger partial charge in [-0.25, -0.2) is 13.1 Å². The average molecular weight is 906 g/mol. The van der Waals surface area contributed by atoms with Crippen LogP contribution in [0.4, 0.5) is 17.1 Å². The van der Waals surface area contributed by atoms with Crippen LogP contribution in [0, 0.1) is 10.1 Å². The first kappa shape index (κ1) is 44.1. The molecule has 0 unspecified atom stereocenters. The zero-order valence-electron chi connectivity index (χ0n) is 34.7. The SMILES string of the molecule is O=C(NS(=O)(=O)c1ccc(N[C@H](CCN2CCOCC2)CSc2ccccc2)cc1[N+](=O)[O-])c1ccc(N2CCN(Cc3ccc4ccccc4c3-c3ccc(Cl)cc3)CC2)cc1. The third-order valence-corrected chi connectivity index (χ3v) is 14.3. The number of anilines is 2. The van der Waals surface area contributed by atoms with E-state index in [9.17, 15) is 23.3 Å². The standard InChI is InChI=1S/C48H49ClN6O6S2/c49-39-16-12-36(13-17-39)47-38(11-10-35-6-4-5-9-44(35)47)33-53-24-26-54(27-25-53)42-19-14-37(15-20-42)48(56)51-63(59,60)46-21-18-40(32-45(46)55(57)58)50-41(22-23-52-28-30-61-31-29-52)34-62-43-7-2-1-3-8-43/h1-21,32,41,50H,22-31,33-34H2,(H,51,56)/t41-/m1/s1. The zero-order valence-corrected chi connectivity index (χ0v) is 37.1. The molecule has 1 amide bonds. The summed E-state index contributed by atoms with van der Waals surface area (Å²) in [6, 6.07) is 41.4. The Morgan fingerprint density at radius 2 is 1.52 bits per heavy atom. The first-order valence-electron chi connectivity index (χ1n) is 21.0. The van der Waals surface area contributed by atoms with Crippen molar-refractivity contribution in [3.05, 3.63) is 160 Å². The molecule has 2 aliphatic heterocycles. The summed E-state index contributed by atoms with van der Waals surface area (Å²) >= 11 is 7.92. The van der Waals surface area contributed by atoms with Crippen molar-refractivity contribution >= 4 is 67.1 Å². The number of nitrogens with one attached hydrogen (secondary N) is 2. The number of hydrogen-bond donors (Lipinski definition) is 2. The maximum atomic E-state index is 13.6. The summed E-state index contributed by atoms with van der Waals surface area (Å²) in [4.78, 5) is 32.4. The van der Waals surface area contributed by atoms with Gasteiger partial charge in [-0.2, -0.15) is 0 Å². The van der Waals surface area contributed by atoms with Crippen LogP contribution in [0.25, 0.3) is 21.9 Å². The fraction of sp³-hybridized carbons (Fsp3) is 0.271. The summed E-state index contributed by atoms with van der Waals surface area (Å²) in [6.45, 7) is 7.81. The number of amides is 1. The molecule has 0 spiro atoms. The van der Waals surface area contributed by atoms with Crippen LogP contribution in [-0.4, -0.2) is 99.9 Å². The third-order valence-electron chi connectivity index (χ3n) is 11.5. The molecular formula is C48H49ClN6O6S2. The van der Waals surface area contributed by atoms with E-state index in [1.165, 1.54) is 40.1 Å². The predicted molar refractivity (Wildman–Crippen MR) is 253 cm³/mol. The van der Waals surface area contributed by atoms with Crippen LogP contribution in [0.2, 0.25) is 5.02 Å². The van der Waals surface area contributed by atoms with Crippen molar-refractivity contribution in [2.24, 2.45) is 0 Å². The molecular weight excluding hydrogens is 856 g/mol. The lowest BCUT2D eigenvalue weighted by Gasteiger charge is -2.36. The van der Waals surface area contributed by atoms with Crippen LogP contribution in [-0.2, 0) is 21.3 Å². The van der Waals surface area contributed by atoms with Gasteiger partial charge in [0.1, 0.15) is 0 Å². The lowest BCUT2D eigenvalue weighted by atomic mass is 9.93. The smallest absolute Gasteiger partial charge is 0.291 e. The monoisotopic (exact) mass is 904 g/mol. The van der Waals surface area contributed by atoms with Crippen LogP contribution in [0.5, 0.6) is 0 Å². The summed E-state index contributed by atoms with van der Waals surface area (Å²) in [6.07, 6.45) is 0.761. The number of fused-ring (bicyclic) bond motifs is 1. The predicted octanol–water partition coefficient (Wildman–Crippen LogP) is 8.80. The van der Waals surface area contributed by atoms with Gasteiger partial charge in [-0.05, 0) is 94.5 Å². The van der Waals surface area contributed by atoms with Crippen molar-refractivity contribution in [2.45, 2.75) is 28.8 Å². The second kappa shape index (κ2) is 20.4. The van der Waals surface area contributed by atoms with E-state index < -0.39 is 31.4 Å². The summed E-state index contributed by atoms with van der Waals surface area (Å²) < 4.78 is 34.7. The highest BCUT2D eigenvalue weighted by Crippen LogP contribution is 2.35. The molecule has 2 saturated heterocycles. The minimum absolute atomic E-state index is 0.0731. The number of morpholine rings is 1. The quantitative estimate of drug-likeness (QED) is 0.0548. The van der Waals surface area contributed by atoms with Crippen LogP contribution in [0.3, 0.4) is 0 Å². The summed E-state index contributed by atoms with van der Waals surface area (Å²) in [5.41, 5.74) is 4.39. The van der Waals surface area contributed by atoms with E-state index in [1.54, 1.807) is 36.0 Å². The van der Waals surface area contributed by atoms with Gasteiger partial charge in [0.15, 0.2) is 4.90 Å². The molecule has 6 aromatic rings. The Labute approximate surface area is 377 Å². The third kappa shape index (κ3) is 11.2. The molecule has 8 rings (SSSR count). The van der Waals surface area contributed by atoms with Crippen LogP contribution in [0.15, 0.2) is 143 Å². The van der Waals surface area contributed by atoms with Crippen molar-refractivity contribution < 1.29 is 22.9 Å². The number of piperazine rings is 1. The highest BCUT2D eigenvalue weighted by Gasteiger charge is 2.29. The minimum atomic E-state index is -4.61. The van der Waals surface area contributed by atoms with Crippen LogP contribution in [0.1, 0.15) is 22.3 Å². The molecule has 12 nitrogen and oxygen atoms in total. The normalized spacial score (nSPS) is 15.5. The van der Waals surface area contributed by atoms with E-state index in [1.807, 2.05) is 42.5 Å². The van der Waals surface area contributed by atoms with Gasteiger partial charge in [-0.1, -0.05) is 78.3 Å². The first-order valence-corrected chi connectivity index (χ1v) is 23.9. The molecule has 0 aliphatic carbocycles. The van der Waals surface area contributed by atoms with Crippen molar-refractivity contribution in [3.63, 3.8) is 0 Å². The number of carbonyl (C=O) groups excluding carboxylic acids is 1. The summed E-state index contributed by atoms with van der Waals surface area (Å²) in [5.74, 6) is -0.192. The molecule has 0 saturated carbocycles. The van der Waals surface area contributed by atoms with Gasteiger partial charge >= 0.3 is 0 Å². The van der Waals surface area contributed by atoms with Gasteiger partial charge < -0.3 is 15.0 Å². The van der Waals surface area contributed by atoms with Gasteiger partial charge in [0.2, 0.25) is 0 Å². The Kier molecular flexibility index (Phi) is 14.3. The maximum Gasteiger partial charge on any atom is 0.291 e. The number of rotatable bonds is 16. The van der Waals surface area contributed by atoms with Crippen molar-refractivity contribution in [1.29, 1.82) is 0 Å². The lowest BCUT2D eigenvalue weighted by molar-refractivity contribution is -0.387. The number of thioether (sulfide) groups is 1. The van der Waals surface area contributed by atoms with E-state index in [4.69, 9.17) is 16.3 Å². The Morgan fingerprint density at radius 1 is 0.810 bits per heavy atom. The van der Waals surface area contributed by atoms with Crippen LogP contribution < -0.4 is 14.9 Å². The second-order valence-corrected chi connectivity index (χ2v) is 18.9. The Hall–Kier alpha value is -5.48. The average Bonchev–Trinajstić information content (AvgIpc) is 3.31. The van der Waals surface area contributed by atoms with E-state index in [0.29, 0.717) is 29.7 Å². The maximum absolute atomic E-state index is 13.6. The number of sulfonamides is 1. The minimum Gasteiger partial charge on any atom is -0.381 e. The van der Waals surface area contributed by atoms with E-state index in [2.05, 4.69) is 73.3 Å². The van der Waals surface area contributed by atoms with Gasteiger partial charge in [-0.3, -0.25) is 24.7 Å². The molecule has 2 fully saturated rings. The van der Waals surface area contributed by atoms with Crippen molar-refractivity contribution in [2.75, 3.05) is 75.0 Å². The second-order valence-electron chi connectivity index (χ2n) is 15.7. The highest BCUT2D eigenvalue weighted by atomic mass is 35.5. The fourth-order valence-corrected chi connectivity index (χ4v) is 10.4. The zero-order chi connectivity index (χ0) is 43.8. The molecule has 6 aromatic carbocycles. The molecule has 0 aromatic heterocycles. The summed E-state index contributed by atoms with van der Waals surface area (Å²) in [5, 5.41) is 18.8. The lowest BCUT2D eigenvalue weighted by Crippen LogP contribution is -2.46. The molecule has 2 heterocycles. The fourth-order valence-electron chi connectivity index (χ4n) is 8.16. The molecule has 0 radical (unpaired) electrons. The molecule has 2 aliphatic rings. The number of halogens is 1. The molecule has 15 heteroatoms. The van der Waals surface area contributed by atoms with Crippen molar-refractivity contribution in [1.82, 2.24) is 14.5 Å². The van der Waals surface area contributed by atoms with E-state index >= 15 is 0 Å². The van der Waals surface area contributed by atoms with Gasteiger partial charge in [0, 0.05) is 97.1 Å².